The van der Waals surface area contributed by atoms with Crippen LogP contribution in [0.5, 0.6) is 0 Å². The molecule has 0 aliphatic rings. The maximum Gasteiger partial charge on any atom is 0.178 e. The highest BCUT2D eigenvalue weighted by Crippen LogP contribution is 2.19. The van der Waals surface area contributed by atoms with Crippen LogP contribution in [-0.4, -0.2) is 14.8 Å². The van der Waals surface area contributed by atoms with E-state index in [2.05, 4.69) is 20.8 Å². The number of rotatable bonds is 4. The summed E-state index contributed by atoms with van der Waals surface area (Å²) < 4.78 is 28.4. The standard InChI is InChI=1S/C11H14F2N6/c1-6-7(5-16-19(6)2)4-15-10-8(12)3-9(13)11(17-10)18-14/h3,5H,4,14H2,1-2H3,(H2,15,17,18). The number of halogens is 2. The highest BCUT2D eigenvalue weighted by Gasteiger charge is 2.12. The fraction of sp³-hybridized carbons (Fsp3) is 0.273. The van der Waals surface area contributed by atoms with Gasteiger partial charge in [0.15, 0.2) is 23.3 Å². The highest BCUT2D eigenvalue weighted by atomic mass is 19.1. The Morgan fingerprint density at radius 2 is 2.00 bits per heavy atom. The molecule has 0 spiro atoms. The van der Waals surface area contributed by atoms with E-state index < -0.39 is 11.6 Å². The van der Waals surface area contributed by atoms with Gasteiger partial charge in [0.05, 0.1) is 6.20 Å². The summed E-state index contributed by atoms with van der Waals surface area (Å²) in [6.07, 6.45) is 1.67. The predicted molar refractivity (Wildman–Crippen MR) is 67.2 cm³/mol. The Balaban J connectivity index is 2.17. The van der Waals surface area contributed by atoms with Crippen molar-refractivity contribution in [2.45, 2.75) is 13.5 Å². The average molecular weight is 268 g/mol. The van der Waals surface area contributed by atoms with E-state index in [0.717, 1.165) is 17.3 Å². The number of pyridine rings is 1. The number of nitrogens with one attached hydrogen (secondary N) is 2. The molecule has 0 saturated heterocycles. The third-order valence-corrected chi connectivity index (χ3v) is 2.85. The van der Waals surface area contributed by atoms with Gasteiger partial charge in [0.25, 0.3) is 0 Å². The number of aromatic nitrogens is 3. The summed E-state index contributed by atoms with van der Waals surface area (Å²) in [7, 11) is 1.81. The van der Waals surface area contributed by atoms with Crippen molar-refractivity contribution in [1.29, 1.82) is 0 Å². The molecule has 0 radical (unpaired) electrons. The SMILES string of the molecule is Cc1c(CNc2nc(NN)c(F)cc2F)cnn1C. The minimum absolute atomic E-state index is 0.0717. The second-order valence-corrected chi connectivity index (χ2v) is 4.03. The molecule has 0 aliphatic carbocycles. The maximum atomic E-state index is 13.5. The monoisotopic (exact) mass is 268 g/mol. The quantitative estimate of drug-likeness (QED) is 0.575. The first-order valence-corrected chi connectivity index (χ1v) is 5.57. The van der Waals surface area contributed by atoms with Crippen molar-refractivity contribution in [3.8, 4) is 0 Å². The lowest BCUT2D eigenvalue weighted by atomic mass is 10.2. The molecule has 8 heteroatoms. The average Bonchev–Trinajstić information content (AvgIpc) is 2.69. The van der Waals surface area contributed by atoms with E-state index in [1.54, 1.807) is 10.9 Å². The molecule has 6 nitrogen and oxygen atoms in total. The molecule has 0 bridgehead atoms. The molecule has 2 aromatic heterocycles. The van der Waals surface area contributed by atoms with Crippen LogP contribution in [0.2, 0.25) is 0 Å². The van der Waals surface area contributed by atoms with Crippen LogP contribution in [0.1, 0.15) is 11.3 Å². The molecule has 2 aromatic rings. The molecule has 0 aliphatic heterocycles. The molecule has 0 aromatic carbocycles. The number of hydrogen-bond donors (Lipinski definition) is 3. The first kappa shape index (κ1) is 13.2. The minimum Gasteiger partial charge on any atom is -0.363 e. The van der Waals surface area contributed by atoms with Crippen molar-refractivity contribution in [3.63, 3.8) is 0 Å². The van der Waals surface area contributed by atoms with Crippen LogP contribution in [0.15, 0.2) is 12.3 Å². The van der Waals surface area contributed by atoms with Gasteiger partial charge in [0, 0.05) is 30.9 Å². The van der Waals surface area contributed by atoms with Crippen molar-refractivity contribution in [2.75, 3.05) is 10.7 Å². The van der Waals surface area contributed by atoms with Crippen molar-refractivity contribution in [3.05, 3.63) is 35.2 Å². The summed E-state index contributed by atoms with van der Waals surface area (Å²) in [6.45, 7) is 2.23. The zero-order valence-corrected chi connectivity index (χ0v) is 10.5. The number of nitrogens with two attached hydrogens (primary N) is 1. The zero-order valence-electron chi connectivity index (χ0n) is 10.5. The minimum atomic E-state index is -0.844. The molecule has 0 saturated carbocycles. The number of hydrazine groups is 1. The largest absolute Gasteiger partial charge is 0.363 e. The van der Waals surface area contributed by atoms with E-state index in [9.17, 15) is 8.78 Å². The fourth-order valence-electron chi connectivity index (χ4n) is 1.59. The van der Waals surface area contributed by atoms with Crippen LogP contribution in [0, 0.1) is 18.6 Å². The number of anilines is 2. The lowest BCUT2D eigenvalue weighted by molar-refractivity contribution is 0.578. The van der Waals surface area contributed by atoms with E-state index in [0.29, 0.717) is 6.54 Å². The van der Waals surface area contributed by atoms with Crippen LogP contribution < -0.4 is 16.6 Å². The van der Waals surface area contributed by atoms with Gasteiger partial charge in [-0.25, -0.2) is 19.6 Å². The number of hydrogen-bond acceptors (Lipinski definition) is 5. The van der Waals surface area contributed by atoms with Crippen LogP contribution in [-0.2, 0) is 13.6 Å². The Labute approximate surface area is 108 Å². The van der Waals surface area contributed by atoms with Gasteiger partial charge < -0.3 is 10.7 Å². The third kappa shape index (κ3) is 2.63. The first-order chi connectivity index (χ1) is 9.02. The molecule has 2 rings (SSSR count). The van der Waals surface area contributed by atoms with Crippen LogP contribution in [0.3, 0.4) is 0 Å². The van der Waals surface area contributed by atoms with Crippen molar-refractivity contribution in [1.82, 2.24) is 14.8 Å². The highest BCUT2D eigenvalue weighted by molar-refractivity contribution is 5.47. The van der Waals surface area contributed by atoms with Gasteiger partial charge in [-0.3, -0.25) is 4.68 Å². The normalized spacial score (nSPS) is 10.6. The van der Waals surface area contributed by atoms with E-state index >= 15 is 0 Å². The van der Waals surface area contributed by atoms with Crippen LogP contribution >= 0.6 is 0 Å². The fourth-order valence-corrected chi connectivity index (χ4v) is 1.59. The molecular formula is C11H14F2N6. The zero-order chi connectivity index (χ0) is 14.0. The molecule has 19 heavy (non-hydrogen) atoms. The number of nitrogen functional groups attached to an aromatic ring is 1. The number of nitrogens with zero attached hydrogens (tertiary/aromatic N) is 3. The van der Waals surface area contributed by atoms with Gasteiger partial charge in [0.2, 0.25) is 0 Å². The third-order valence-electron chi connectivity index (χ3n) is 2.85. The Bertz CT molecular complexity index is 595. The summed E-state index contributed by atoms with van der Waals surface area (Å²) in [5.41, 5.74) is 3.92. The van der Waals surface area contributed by atoms with Gasteiger partial charge in [0.1, 0.15) is 0 Å². The molecule has 0 fully saturated rings. The van der Waals surface area contributed by atoms with Gasteiger partial charge in [-0.05, 0) is 6.92 Å². The van der Waals surface area contributed by atoms with Crippen molar-refractivity contribution < 1.29 is 8.78 Å². The second-order valence-electron chi connectivity index (χ2n) is 4.03. The Morgan fingerprint density at radius 1 is 1.32 bits per heavy atom. The summed E-state index contributed by atoms with van der Waals surface area (Å²) in [5, 5.41) is 6.85. The lowest BCUT2D eigenvalue weighted by Crippen LogP contribution is -2.13. The summed E-state index contributed by atoms with van der Waals surface area (Å²) in [6, 6.07) is 0.723. The molecular weight excluding hydrogens is 254 g/mol. The molecule has 2 heterocycles. The van der Waals surface area contributed by atoms with E-state index in [4.69, 9.17) is 5.84 Å². The predicted octanol–water partition coefficient (Wildman–Crippen LogP) is 1.30. The van der Waals surface area contributed by atoms with Crippen molar-refractivity contribution in [2.24, 2.45) is 12.9 Å². The van der Waals surface area contributed by atoms with Gasteiger partial charge in [-0.2, -0.15) is 5.10 Å². The van der Waals surface area contributed by atoms with Gasteiger partial charge in [-0.15, -0.1) is 0 Å². The smallest absolute Gasteiger partial charge is 0.178 e. The van der Waals surface area contributed by atoms with E-state index in [-0.39, 0.29) is 11.6 Å². The number of aryl methyl sites for hydroxylation is 1. The molecule has 4 N–H and O–H groups in total. The van der Waals surface area contributed by atoms with Gasteiger partial charge in [-0.1, -0.05) is 0 Å². The molecule has 102 valence electrons. The summed E-state index contributed by atoms with van der Waals surface area (Å²) in [5.74, 6) is 3.18. The Morgan fingerprint density at radius 3 is 2.58 bits per heavy atom. The first-order valence-electron chi connectivity index (χ1n) is 5.57. The van der Waals surface area contributed by atoms with Crippen LogP contribution in [0.25, 0.3) is 0 Å². The topological polar surface area (TPSA) is 80.8 Å². The van der Waals surface area contributed by atoms with Crippen molar-refractivity contribution >= 4 is 11.6 Å². The second kappa shape index (κ2) is 5.19. The molecule has 0 unspecified atom stereocenters. The van der Waals surface area contributed by atoms with E-state index in [1.165, 1.54) is 0 Å². The summed E-state index contributed by atoms with van der Waals surface area (Å²) >= 11 is 0. The summed E-state index contributed by atoms with van der Waals surface area (Å²) in [4.78, 5) is 3.72. The Hall–Kier alpha value is -2.22. The molecule has 0 amide bonds. The molecule has 0 atom stereocenters. The van der Waals surface area contributed by atoms with Gasteiger partial charge >= 0.3 is 0 Å². The lowest BCUT2D eigenvalue weighted by Gasteiger charge is -2.09. The maximum absolute atomic E-state index is 13.5. The Kier molecular flexibility index (Phi) is 3.61. The van der Waals surface area contributed by atoms with Crippen LogP contribution in [0.4, 0.5) is 20.4 Å². The van der Waals surface area contributed by atoms with E-state index in [1.807, 2.05) is 14.0 Å².